The van der Waals surface area contributed by atoms with Crippen molar-refractivity contribution in [1.82, 2.24) is 5.32 Å². The summed E-state index contributed by atoms with van der Waals surface area (Å²) in [4.78, 5) is 24.4. The molecule has 192 valence electrons. The monoisotopic (exact) mass is 478 g/mol. The molecule has 2 saturated heterocycles. The topological polar surface area (TPSA) is 116 Å². The van der Waals surface area contributed by atoms with Gasteiger partial charge in [0.15, 0.2) is 0 Å². The smallest absolute Gasteiger partial charge is 0.306 e. The van der Waals surface area contributed by atoms with Crippen molar-refractivity contribution >= 4 is 11.9 Å². The highest BCUT2D eigenvalue weighted by Crippen LogP contribution is 2.59. The molecule has 2 heterocycles. The third-order valence-electron chi connectivity index (χ3n) is 8.37. The molecule has 0 radical (unpaired) electrons. The number of rotatable bonds is 9. The van der Waals surface area contributed by atoms with Gasteiger partial charge in [0.05, 0.1) is 25.2 Å². The number of allylic oxidation sites excluding steroid dienone is 1. The molecule has 2 aliphatic carbocycles. The standard InChI is InChI=1S/C26H42N2O6/c1-16(2)5-10-20-25(3,34-20)24-23(31-4)19(11-12-26(24)15-32-26)33-22(30)13-17-6-8-18(9-7-17)28-21(29)14-27/h5,17-20,23-24H,6-15,27H2,1-4H3,(H,28,29)/t17?,18?,19?,20-,23?,24?,25+,26+/m1/s1. The van der Waals surface area contributed by atoms with Gasteiger partial charge in [0.1, 0.15) is 23.4 Å². The number of nitrogens with one attached hydrogen (secondary N) is 1. The lowest BCUT2D eigenvalue weighted by molar-refractivity contribution is -0.173. The van der Waals surface area contributed by atoms with E-state index in [0.29, 0.717) is 6.42 Å². The predicted octanol–water partition coefficient (Wildman–Crippen LogP) is 2.63. The van der Waals surface area contributed by atoms with E-state index in [-0.39, 0.29) is 65.8 Å². The van der Waals surface area contributed by atoms with E-state index in [9.17, 15) is 9.59 Å². The van der Waals surface area contributed by atoms with Crippen LogP contribution < -0.4 is 11.1 Å². The molecule has 0 bridgehead atoms. The first-order valence-electron chi connectivity index (χ1n) is 12.9. The second-order valence-electron chi connectivity index (χ2n) is 11.1. The lowest BCUT2D eigenvalue weighted by Crippen LogP contribution is -2.55. The molecule has 3 N–H and O–H groups in total. The Hall–Kier alpha value is -1.48. The van der Waals surface area contributed by atoms with Gasteiger partial charge in [0.25, 0.3) is 0 Å². The van der Waals surface area contributed by atoms with E-state index < -0.39 is 0 Å². The number of epoxide rings is 2. The van der Waals surface area contributed by atoms with Crippen LogP contribution in [0.4, 0.5) is 0 Å². The van der Waals surface area contributed by atoms with Crippen LogP contribution in [0.25, 0.3) is 0 Å². The number of hydrogen-bond donors (Lipinski definition) is 2. The molecule has 8 heteroatoms. The minimum absolute atomic E-state index is 0.0153. The zero-order valence-corrected chi connectivity index (χ0v) is 21.1. The number of ether oxygens (including phenoxy) is 4. The number of carbonyl (C=O) groups excluding carboxylic acids is 2. The van der Waals surface area contributed by atoms with E-state index in [1.807, 2.05) is 0 Å². The molecular formula is C26H42N2O6. The first kappa shape index (κ1) is 25.6. The van der Waals surface area contributed by atoms with E-state index in [1.165, 1.54) is 5.57 Å². The first-order valence-corrected chi connectivity index (χ1v) is 12.9. The molecule has 1 amide bonds. The second kappa shape index (κ2) is 10.2. The lowest BCUT2D eigenvalue weighted by Gasteiger charge is -2.42. The van der Waals surface area contributed by atoms with Crippen LogP contribution in [0.2, 0.25) is 0 Å². The number of nitrogens with two attached hydrogens (primary N) is 1. The SMILES string of the molecule is COC1C(OC(=O)CC2CCC(NC(=O)CN)CC2)CC[C@]2(CO2)C1[C@@]1(C)O[C@@H]1CC=C(C)C. The Bertz CT molecular complexity index is 784. The summed E-state index contributed by atoms with van der Waals surface area (Å²) in [5, 5.41) is 2.95. The summed E-state index contributed by atoms with van der Waals surface area (Å²) in [6.45, 7) is 7.09. The van der Waals surface area contributed by atoms with Crippen LogP contribution in [0.5, 0.6) is 0 Å². The minimum Gasteiger partial charge on any atom is -0.460 e. The zero-order chi connectivity index (χ0) is 24.5. The third-order valence-corrected chi connectivity index (χ3v) is 8.37. The molecule has 2 aliphatic heterocycles. The fraction of sp³-hybridized carbons (Fsp3) is 0.846. The highest BCUT2D eigenvalue weighted by molar-refractivity contribution is 5.78. The van der Waals surface area contributed by atoms with Gasteiger partial charge in [-0.1, -0.05) is 11.6 Å². The Morgan fingerprint density at radius 2 is 1.88 bits per heavy atom. The molecule has 8 nitrogen and oxygen atoms in total. The molecule has 34 heavy (non-hydrogen) atoms. The Kier molecular flexibility index (Phi) is 7.72. The third kappa shape index (κ3) is 5.50. The van der Waals surface area contributed by atoms with Crippen molar-refractivity contribution in [3.8, 4) is 0 Å². The Balaban J connectivity index is 1.32. The van der Waals surface area contributed by atoms with Crippen LogP contribution in [0.15, 0.2) is 11.6 Å². The summed E-state index contributed by atoms with van der Waals surface area (Å²) in [6.07, 6.45) is 8.26. The van der Waals surface area contributed by atoms with Gasteiger partial charge in [-0.05, 0) is 71.6 Å². The van der Waals surface area contributed by atoms with Crippen LogP contribution in [0.1, 0.15) is 72.1 Å². The summed E-state index contributed by atoms with van der Waals surface area (Å²) < 4.78 is 24.3. The molecule has 4 fully saturated rings. The van der Waals surface area contributed by atoms with E-state index in [1.54, 1.807) is 7.11 Å². The summed E-state index contributed by atoms with van der Waals surface area (Å²) in [7, 11) is 1.70. The highest BCUT2D eigenvalue weighted by Gasteiger charge is 2.72. The fourth-order valence-electron chi connectivity index (χ4n) is 6.32. The molecule has 4 rings (SSSR count). The van der Waals surface area contributed by atoms with Crippen molar-refractivity contribution in [2.24, 2.45) is 17.6 Å². The molecule has 4 aliphatic rings. The molecule has 0 aromatic carbocycles. The van der Waals surface area contributed by atoms with Gasteiger partial charge in [-0.25, -0.2) is 0 Å². The normalized spacial score (nSPS) is 41.0. The van der Waals surface area contributed by atoms with Crippen LogP contribution in [-0.4, -0.2) is 67.7 Å². The zero-order valence-electron chi connectivity index (χ0n) is 21.1. The molecule has 3 unspecified atom stereocenters. The van der Waals surface area contributed by atoms with Gasteiger partial charge in [-0.3, -0.25) is 9.59 Å². The van der Waals surface area contributed by atoms with Crippen molar-refractivity contribution in [3.05, 3.63) is 11.6 Å². The quantitative estimate of drug-likeness (QED) is 0.297. The molecule has 6 atom stereocenters. The van der Waals surface area contributed by atoms with Crippen LogP contribution in [0, 0.1) is 11.8 Å². The summed E-state index contributed by atoms with van der Waals surface area (Å²) in [5.74, 6) is 0.0495. The second-order valence-corrected chi connectivity index (χ2v) is 11.1. The summed E-state index contributed by atoms with van der Waals surface area (Å²) in [5.41, 5.74) is 6.12. The van der Waals surface area contributed by atoms with Gasteiger partial charge in [0.2, 0.25) is 5.91 Å². The minimum atomic E-state index is -0.333. The van der Waals surface area contributed by atoms with Crippen LogP contribution in [0.3, 0.4) is 0 Å². The number of hydrogen-bond acceptors (Lipinski definition) is 7. The maximum atomic E-state index is 12.9. The summed E-state index contributed by atoms with van der Waals surface area (Å²) in [6, 6.07) is 0.161. The van der Waals surface area contributed by atoms with E-state index in [2.05, 4.69) is 32.2 Å². The van der Waals surface area contributed by atoms with Crippen molar-refractivity contribution in [2.45, 2.75) is 108 Å². The average molecular weight is 479 g/mol. The predicted molar refractivity (Wildman–Crippen MR) is 127 cm³/mol. The maximum absolute atomic E-state index is 12.9. The first-order chi connectivity index (χ1) is 16.2. The highest BCUT2D eigenvalue weighted by atomic mass is 16.6. The molecule has 2 saturated carbocycles. The molecular weight excluding hydrogens is 436 g/mol. The van der Waals surface area contributed by atoms with Gasteiger partial charge in [0, 0.05) is 19.6 Å². The van der Waals surface area contributed by atoms with E-state index >= 15 is 0 Å². The number of methoxy groups -OCH3 is 1. The Morgan fingerprint density at radius 3 is 2.47 bits per heavy atom. The van der Waals surface area contributed by atoms with Crippen molar-refractivity contribution in [1.29, 1.82) is 0 Å². The van der Waals surface area contributed by atoms with E-state index in [0.717, 1.165) is 51.6 Å². The van der Waals surface area contributed by atoms with Crippen LogP contribution >= 0.6 is 0 Å². The average Bonchev–Trinajstić information content (AvgIpc) is 3.72. The Morgan fingerprint density at radius 1 is 1.18 bits per heavy atom. The van der Waals surface area contributed by atoms with Crippen LogP contribution in [-0.2, 0) is 28.5 Å². The number of esters is 1. The van der Waals surface area contributed by atoms with Gasteiger partial charge >= 0.3 is 5.97 Å². The van der Waals surface area contributed by atoms with Crippen molar-refractivity contribution in [2.75, 3.05) is 20.3 Å². The fourth-order valence-corrected chi connectivity index (χ4v) is 6.32. The Labute approximate surface area is 203 Å². The largest absolute Gasteiger partial charge is 0.460 e. The molecule has 0 aromatic heterocycles. The molecule has 1 spiro atoms. The van der Waals surface area contributed by atoms with Crippen molar-refractivity contribution < 1.29 is 28.5 Å². The van der Waals surface area contributed by atoms with Gasteiger partial charge in [-0.15, -0.1) is 0 Å². The van der Waals surface area contributed by atoms with E-state index in [4.69, 9.17) is 24.7 Å². The lowest BCUT2D eigenvalue weighted by atomic mass is 9.68. The van der Waals surface area contributed by atoms with Crippen molar-refractivity contribution in [3.63, 3.8) is 0 Å². The van der Waals surface area contributed by atoms with Gasteiger partial charge in [-0.2, -0.15) is 0 Å². The number of amides is 1. The van der Waals surface area contributed by atoms with Gasteiger partial charge < -0.3 is 30.0 Å². The number of carbonyl (C=O) groups is 2. The summed E-state index contributed by atoms with van der Waals surface area (Å²) >= 11 is 0. The molecule has 0 aromatic rings. The maximum Gasteiger partial charge on any atom is 0.306 e.